The zero-order chi connectivity index (χ0) is 13.1. The van der Waals surface area contributed by atoms with Crippen LogP contribution in [0.15, 0.2) is 28.7 Å². The molecule has 2 rings (SSSR count). The molecule has 1 saturated heterocycles. The lowest BCUT2D eigenvalue weighted by Gasteiger charge is -2.26. The molecule has 0 radical (unpaired) electrons. The van der Waals surface area contributed by atoms with E-state index in [1.54, 1.807) is 0 Å². The number of carbonyl (C=O) groups is 2. The number of benzene rings is 1. The van der Waals surface area contributed by atoms with E-state index in [2.05, 4.69) is 21.2 Å². The van der Waals surface area contributed by atoms with Crippen molar-refractivity contribution in [3.8, 4) is 0 Å². The van der Waals surface area contributed by atoms with Gasteiger partial charge in [0.1, 0.15) is 6.04 Å². The molecule has 1 fully saturated rings. The van der Waals surface area contributed by atoms with Gasteiger partial charge in [-0.25, -0.2) is 4.79 Å². The Kier molecular flexibility index (Phi) is 4.29. The molecule has 1 aliphatic rings. The zero-order valence-electron chi connectivity index (χ0n) is 9.43. The molecule has 0 spiro atoms. The molecule has 2 unspecified atom stereocenters. The minimum absolute atomic E-state index is 0.196. The summed E-state index contributed by atoms with van der Waals surface area (Å²) in [6, 6.07) is 7.02. The first-order valence-electron chi connectivity index (χ1n) is 5.45. The van der Waals surface area contributed by atoms with Crippen LogP contribution in [0, 0.1) is 0 Å². The summed E-state index contributed by atoms with van der Waals surface area (Å²) in [5.74, 6) is -0.755. The standard InChI is InChI=1S/C12H12BrNO3S/c13-8-3-1-2-7(4-8)5-10-11(15)14-9(6-18-10)12(16)17/h1-4,9-10H,5-6H2,(H,14,15)(H,16,17). The Morgan fingerprint density at radius 3 is 2.94 bits per heavy atom. The van der Waals surface area contributed by atoms with E-state index in [1.807, 2.05) is 24.3 Å². The molecule has 1 aromatic carbocycles. The first kappa shape index (κ1) is 13.4. The average molecular weight is 330 g/mol. The monoisotopic (exact) mass is 329 g/mol. The summed E-state index contributed by atoms with van der Waals surface area (Å²) in [7, 11) is 0. The maximum Gasteiger partial charge on any atom is 0.327 e. The quantitative estimate of drug-likeness (QED) is 0.885. The summed E-state index contributed by atoms with van der Waals surface area (Å²) in [6.45, 7) is 0. The Morgan fingerprint density at radius 1 is 1.56 bits per heavy atom. The minimum atomic E-state index is -0.975. The van der Waals surface area contributed by atoms with Gasteiger partial charge < -0.3 is 10.4 Å². The van der Waals surface area contributed by atoms with Gasteiger partial charge in [-0.1, -0.05) is 28.1 Å². The number of nitrogens with one attached hydrogen (secondary N) is 1. The molecule has 6 heteroatoms. The second-order valence-electron chi connectivity index (χ2n) is 4.06. The predicted octanol–water partition coefficient (Wildman–Crippen LogP) is 1.68. The number of carboxylic acid groups (broad SMARTS) is 1. The first-order valence-corrected chi connectivity index (χ1v) is 7.29. The number of thioether (sulfide) groups is 1. The number of halogens is 1. The van der Waals surface area contributed by atoms with Crippen molar-refractivity contribution in [2.45, 2.75) is 17.7 Å². The van der Waals surface area contributed by atoms with Crippen LogP contribution in [0.1, 0.15) is 5.56 Å². The second kappa shape index (κ2) is 5.75. The topological polar surface area (TPSA) is 66.4 Å². The molecule has 1 heterocycles. The highest BCUT2D eigenvalue weighted by atomic mass is 79.9. The highest BCUT2D eigenvalue weighted by Gasteiger charge is 2.32. The van der Waals surface area contributed by atoms with Crippen molar-refractivity contribution in [2.75, 3.05) is 5.75 Å². The van der Waals surface area contributed by atoms with Crippen molar-refractivity contribution in [2.24, 2.45) is 0 Å². The third kappa shape index (κ3) is 3.26. The van der Waals surface area contributed by atoms with Gasteiger partial charge in [-0.05, 0) is 24.1 Å². The molecule has 4 nitrogen and oxygen atoms in total. The van der Waals surface area contributed by atoms with Crippen LogP contribution in [-0.2, 0) is 16.0 Å². The molecule has 0 aliphatic carbocycles. The molecule has 0 bridgehead atoms. The first-order chi connectivity index (χ1) is 8.56. The SMILES string of the molecule is O=C(O)C1CSC(Cc2cccc(Br)c2)C(=O)N1. The second-order valence-corrected chi connectivity index (χ2v) is 6.21. The Morgan fingerprint density at radius 2 is 2.33 bits per heavy atom. The van der Waals surface area contributed by atoms with Gasteiger partial charge in [0, 0.05) is 10.2 Å². The van der Waals surface area contributed by atoms with Gasteiger partial charge in [-0.15, -0.1) is 11.8 Å². The van der Waals surface area contributed by atoms with Gasteiger partial charge in [-0.3, -0.25) is 4.79 Å². The van der Waals surface area contributed by atoms with Crippen LogP contribution in [0.3, 0.4) is 0 Å². The normalized spacial score (nSPS) is 23.5. The van der Waals surface area contributed by atoms with Crippen molar-refractivity contribution in [1.82, 2.24) is 5.32 Å². The summed E-state index contributed by atoms with van der Waals surface area (Å²) in [5, 5.41) is 11.2. The van der Waals surface area contributed by atoms with Gasteiger partial charge in [0.25, 0.3) is 0 Å². The summed E-state index contributed by atoms with van der Waals surface area (Å²) >= 11 is 4.79. The van der Waals surface area contributed by atoms with E-state index in [1.165, 1.54) is 11.8 Å². The minimum Gasteiger partial charge on any atom is -0.480 e. The van der Waals surface area contributed by atoms with Gasteiger partial charge in [-0.2, -0.15) is 0 Å². The Bertz CT molecular complexity index is 480. The van der Waals surface area contributed by atoms with Crippen LogP contribution in [0.4, 0.5) is 0 Å². The number of carboxylic acids is 1. The number of rotatable bonds is 3. The van der Waals surface area contributed by atoms with Crippen molar-refractivity contribution in [1.29, 1.82) is 0 Å². The molecule has 0 aromatic heterocycles. The summed E-state index contributed by atoms with van der Waals surface area (Å²) < 4.78 is 0.977. The maximum absolute atomic E-state index is 11.8. The van der Waals surface area contributed by atoms with Crippen molar-refractivity contribution >= 4 is 39.6 Å². The summed E-state index contributed by atoms with van der Waals surface area (Å²) in [4.78, 5) is 22.6. The van der Waals surface area contributed by atoms with Crippen LogP contribution >= 0.6 is 27.7 Å². The lowest BCUT2D eigenvalue weighted by Crippen LogP contribution is -2.51. The maximum atomic E-state index is 11.8. The van der Waals surface area contributed by atoms with E-state index in [4.69, 9.17) is 5.11 Å². The van der Waals surface area contributed by atoms with Gasteiger partial charge in [0.05, 0.1) is 5.25 Å². The van der Waals surface area contributed by atoms with E-state index >= 15 is 0 Å². The molecule has 1 aromatic rings. The molecule has 18 heavy (non-hydrogen) atoms. The Balaban J connectivity index is 1.99. The zero-order valence-corrected chi connectivity index (χ0v) is 11.8. The lowest BCUT2D eigenvalue weighted by atomic mass is 10.1. The predicted molar refractivity (Wildman–Crippen MR) is 73.7 cm³/mol. The third-order valence-electron chi connectivity index (χ3n) is 2.68. The van der Waals surface area contributed by atoms with Gasteiger partial charge in [0.2, 0.25) is 5.91 Å². The Labute approximate surface area is 117 Å². The molecule has 2 N–H and O–H groups in total. The van der Waals surface area contributed by atoms with Crippen LogP contribution in [-0.4, -0.2) is 34.0 Å². The number of hydrogen-bond donors (Lipinski definition) is 2. The average Bonchev–Trinajstić information content (AvgIpc) is 2.31. The number of amides is 1. The molecular formula is C12H12BrNO3S. The number of carbonyl (C=O) groups excluding carboxylic acids is 1. The lowest BCUT2D eigenvalue weighted by molar-refractivity contribution is -0.141. The largest absolute Gasteiger partial charge is 0.480 e. The highest BCUT2D eigenvalue weighted by molar-refractivity contribution is 9.10. The van der Waals surface area contributed by atoms with Crippen LogP contribution in [0.25, 0.3) is 0 Å². The molecular weight excluding hydrogens is 318 g/mol. The van der Waals surface area contributed by atoms with E-state index in [0.29, 0.717) is 12.2 Å². The van der Waals surface area contributed by atoms with Gasteiger partial charge in [0.15, 0.2) is 0 Å². The van der Waals surface area contributed by atoms with E-state index in [-0.39, 0.29) is 11.2 Å². The van der Waals surface area contributed by atoms with Crippen LogP contribution in [0.2, 0.25) is 0 Å². The molecule has 96 valence electrons. The van der Waals surface area contributed by atoms with Crippen molar-refractivity contribution < 1.29 is 14.7 Å². The van der Waals surface area contributed by atoms with Crippen LogP contribution in [0.5, 0.6) is 0 Å². The fraction of sp³-hybridized carbons (Fsp3) is 0.333. The summed E-state index contributed by atoms with van der Waals surface area (Å²) in [5.41, 5.74) is 1.06. The fourth-order valence-electron chi connectivity index (χ4n) is 1.76. The number of aliphatic carboxylic acids is 1. The molecule has 0 saturated carbocycles. The summed E-state index contributed by atoms with van der Waals surface area (Å²) in [6.07, 6.45) is 0.613. The van der Waals surface area contributed by atoms with E-state index in [9.17, 15) is 9.59 Å². The molecule has 2 atom stereocenters. The smallest absolute Gasteiger partial charge is 0.327 e. The molecule has 1 amide bonds. The fourth-order valence-corrected chi connectivity index (χ4v) is 3.38. The third-order valence-corrected chi connectivity index (χ3v) is 4.48. The van der Waals surface area contributed by atoms with Crippen molar-refractivity contribution in [3.05, 3.63) is 34.3 Å². The highest BCUT2D eigenvalue weighted by Crippen LogP contribution is 2.23. The molecule has 1 aliphatic heterocycles. The van der Waals surface area contributed by atoms with E-state index < -0.39 is 12.0 Å². The van der Waals surface area contributed by atoms with Crippen molar-refractivity contribution in [3.63, 3.8) is 0 Å². The van der Waals surface area contributed by atoms with Crippen LogP contribution < -0.4 is 5.32 Å². The number of hydrogen-bond acceptors (Lipinski definition) is 3. The van der Waals surface area contributed by atoms with E-state index in [0.717, 1.165) is 10.0 Å². The Hall–Kier alpha value is -1.01. The van der Waals surface area contributed by atoms with Gasteiger partial charge >= 0.3 is 5.97 Å².